The highest BCUT2D eigenvalue weighted by Crippen LogP contribution is 2.28. The number of hydrazone groups is 1. The van der Waals surface area contributed by atoms with Crippen molar-refractivity contribution in [3.05, 3.63) is 65.0 Å². The van der Waals surface area contributed by atoms with E-state index >= 15 is 0 Å². The molecule has 1 saturated heterocycles. The first-order valence-electron chi connectivity index (χ1n) is 11.3. The molecule has 1 unspecified atom stereocenters. The van der Waals surface area contributed by atoms with Gasteiger partial charge in [-0.1, -0.05) is 35.9 Å². The normalized spacial score (nSPS) is 20.1. The van der Waals surface area contributed by atoms with Crippen LogP contribution in [-0.4, -0.2) is 76.7 Å². The van der Waals surface area contributed by atoms with Gasteiger partial charge in [0.15, 0.2) is 0 Å². The van der Waals surface area contributed by atoms with Crippen LogP contribution in [0.25, 0.3) is 0 Å². The molecule has 2 atom stereocenters. The third-order valence-electron chi connectivity index (χ3n) is 6.21. The molecule has 1 N–H and O–H groups in total. The predicted octanol–water partition coefficient (Wildman–Crippen LogP) is 3.04. The topological polar surface area (TPSA) is 81.1 Å². The largest absolute Gasteiger partial charge is 0.433 e. The number of piperazine rings is 1. The molecule has 11 heteroatoms. The summed E-state index contributed by atoms with van der Waals surface area (Å²) in [6, 6.07) is 8.40. The first-order chi connectivity index (χ1) is 16.5. The van der Waals surface area contributed by atoms with Crippen LogP contribution in [0.3, 0.4) is 0 Å². The van der Waals surface area contributed by atoms with E-state index in [1.165, 1.54) is 11.1 Å². The van der Waals surface area contributed by atoms with Crippen LogP contribution in [0.4, 0.5) is 18.0 Å². The minimum Gasteiger partial charge on any atom is -0.330 e. The monoisotopic (exact) mass is 488 g/mol. The van der Waals surface area contributed by atoms with E-state index in [1.807, 2.05) is 43.1 Å². The second-order valence-corrected chi connectivity index (χ2v) is 8.92. The summed E-state index contributed by atoms with van der Waals surface area (Å²) in [7, 11) is 1.89. The van der Waals surface area contributed by atoms with Gasteiger partial charge in [-0.15, -0.1) is 0 Å². The molecule has 0 spiro atoms. The lowest BCUT2D eigenvalue weighted by atomic mass is 10.0. The average molecular weight is 489 g/mol. The van der Waals surface area contributed by atoms with Crippen LogP contribution in [0, 0.1) is 6.92 Å². The van der Waals surface area contributed by atoms with Gasteiger partial charge in [-0.25, -0.2) is 9.80 Å². The van der Waals surface area contributed by atoms with E-state index in [4.69, 9.17) is 0 Å². The van der Waals surface area contributed by atoms with Crippen LogP contribution >= 0.6 is 0 Å². The van der Waals surface area contributed by atoms with Crippen molar-refractivity contribution in [2.45, 2.75) is 32.1 Å². The van der Waals surface area contributed by atoms with E-state index < -0.39 is 30.0 Å². The van der Waals surface area contributed by atoms with Gasteiger partial charge in [-0.3, -0.25) is 14.7 Å². The van der Waals surface area contributed by atoms with Crippen molar-refractivity contribution in [1.82, 2.24) is 25.1 Å². The van der Waals surface area contributed by atoms with E-state index in [0.717, 1.165) is 23.4 Å². The van der Waals surface area contributed by atoms with Gasteiger partial charge in [-0.2, -0.15) is 18.3 Å². The van der Waals surface area contributed by atoms with Crippen molar-refractivity contribution in [1.29, 1.82) is 0 Å². The Kier molecular flexibility index (Phi) is 6.79. The number of nitrogens with zero attached hydrogens (tertiary/aromatic N) is 5. The van der Waals surface area contributed by atoms with Gasteiger partial charge in [0.1, 0.15) is 5.69 Å². The number of rotatable bonds is 4. The molecule has 1 fully saturated rings. The van der Waals surface area contributed by atoms with Crippen molar-refractivity contribution in [3.8, 4) is 0 Å². The SMILES string of the molecule is Cc1ccc(C2=NN(C(=O)NC(C)c3ccc(C(F)(F)F)nc3)C[C@H]2N2CCN(C)CC2=O)cc1. The standard InChI is InChI=1S/C24H27F3N6O2/c1-15-4-6-17(7-5-15)22-19(32-11-10-31(3)14-21(32)34)13-33(30-22)23(35)29-16(2)18-8-9-20(28-12-18)24(25,26)27/h4-9,12,16,19H,10-11,13-14H2,1-3H3,(H,29,35)/t16?,19-/m1/s1. The Morgan fingerprint density at radius 2 is 1.86 bits per heavy atom. The molecule has 2 aromatic rings. The maximum Gasteiger partial charge on any atom is 0.433 e. The molecule has 2 aliphatic rings. The number of carbonyl (C=O) groups is 2. The Hall–Kier alpha value is -3.47. The number of pyridine rings is 1. The number of hydrogen-bond donors (Lipinski definition) is 1. The lowest BCUT2D eigenvalue weighted by Gasteiger charge is -2.36. The zero-order valence-electron chi connectivity index (χ0n) is 19.7. The molecular formula is C24H27F3N6O2. The highest BCUT2D eigenvalue weighted by molar-refractivity contribution is 6.08. The van der Waals surface area contributed by atoms with Crippen LogP contribution in [-0.2, 0) is 11.0 Å². The van der Waals surface area contributed by atoms with Gasteiger partial charge in [-0.05, 0) is 38.1 Å². The number of likely N-dealkylation sites (N-methyl/N-ethyl adjacent to an activating group) is 1. The Morgan fingerprint density at radius 3 is 2.46 bits per heavy atom. The fourth-order valence-corrected chi connectivity index (χ4v) is 4.14. The first kappa shape index (κ1) is 24.6. The first-order valence-corrected chi connectivity index (χ1v) is 11.3. The predicted molar refractivity (Wildman–Crippen MR) is 124 cm³/mol. The summed E-state index contributed by atoms with van der Waals surface area (Å²) < 4.78 is 38.4. The van der Waals surface area contributed by atoms with Gasteiger partial charge in [0.2, 0.25) is 5.91 Å². The van der Waals surface area contributed by atoms with Crippen molar-refractivity contribution in [2.75, 3.05) is 33.2 Å². The van der Waals surface area contributed by atoms with Crippen LogP contribution in [0.5, 0.6) is 0 Å². The molecule has 186 valence electrons. The molecule has 4 rings (SSSR count). The van der Waals surface area contributed by atoms with E-state index in [-0.39, 0.29) is 12.5 Å². The number of aromatic nitrogens is 1. The number of alkyl halides is 3. The van der Waals surface area contributed by atoms with Gasteiger partial charge in [0.25, 0.3) is 0 Å². The summed E-state index contributed by atoms with van der Waals surface area (Å²) >= 11 is 0. The summed E-state index contributed by atoms with van der Waals surface area (Å²) in [6.45, 7) is 5.34. The molecule has 3 amide bonds. The molecule has 0 saturated carbocycles. The maximum absolute atomic E-state index is 13.0. The molecular weight excluding hydrogens is 461 g/mol. The lowest BCUT2D eigenvalue weighted by molar-refractivity contribution is -0.141. The fourth-order valence-electron chi connectivity index (χ4n) is 4.14. The smallest absolute Gasteiger partial charge is 0.330 e. The highest BCUT2D eigenvalue weighted by Gasteiger charge is 2.39. The van der Waals surface area contributed by atoms with Gasteiger partial charge in [0.05, 0.1) is 30.9 Å². The summed E-state index contributed by atoms with van der Waals surface area (Å²) in [6.07, 6.45) is -3.43. The van der Waals surface area contributed by atoms with E-state index in [0.29, 0.717) is 30.9 Å². The molecule has 0 bridgehead atoms. The molecule has 8 nitrogen and oxygen atoms in total. The Morgan fingerprint density at radius 1 is 1.14 bits per heavy atom. The van der Waals surface area contributed by atoms with E-state index in [2.05, 4.69) is 15.4 Å². The molecule has 35 heavy (non-hydrogen) atoms. The number of aryl methyl sites for hydroxylation is 1. The fraction of sp³-hybridized carbons (Fsp3) is 0.417. The highest BCUT2D eigenvalue weighted by atomic mass is 19.4. The van der Waals surface area contributed by atoms with Crippen molar-refractivity contribution >= 4 is 17.6 Å². The van der Waals surface area contributed by atoms with Gasteiger partial charge in [0, 0.05) is 19.3 Å². The average Bonchev–Trinajstić information content (AvgIpc) is 3.24. The number of hydrogen-bond acceptors (Lipinski definition) is 5. The van der Waals surface area contributed by atoms with Crippen LogP contribution in [0.1, 0.15) is 35.3 Å². The summed E-state index contributed by atoms with van der Waals surface area (Å²) in [5, 5.41) is 8.60. The number of amides is 3. The second kappa shape index (κ2) is 9.65. The zero-order valence-corrected chi connectivity index (χ0v) is 19.7. The second-order valence-electron chi connectivity index (χ2n) is 8.92. The van der Waals surface area contributed by atoms with E-state index in [1.54, 1.807) is 11.8 Å². The lowest BCUT2D eigenvalue weighted by Crippen LogP contribution is -2.56. The number of nitrogens with one attached hydrogen (secondary N) is 1. The molecule has 0 radical (unpaired) electrons. The Bertz CT molecular complexity index is 1120. The number of benzene rings is 1. The minimum atomic E-state index is -4.53. The number of halogens is 3. The zero-order chi connectivity index (χ0) is 25.3. The third kappa shape index (κ3) is 5.45. The van der Waals surface area contributed by atoms with Gasteiger partial charge >= 0.3 is 12.2 Å². The van der Waals surface area contributed by atoms with Crippen LogP contribution < -0.4 is 5.32 Å². The summed E-state index contributed by atoms with van der Waals surface area (Å²) in [5.74, 6) is -0.0324. The van der Waals surface area contributed by atoms with E-state index in [9.17, 15) is 22.8 Å². The number of urea groups is 1. The minimum absolute atomic E-state index is 0.0324. The summed E-state index contributed by atoms with van der Waals surface area (Å²) in [5.41, 5.74) is 1.96. The Labute approximate surface area is 201 Å². The van der Waals surface area contributed by atoms with Crippen LogP contribution in [0.15, 0.2) is 47.7 Å². The summed E-state index contributed by atoms with van der Waals surface area (Å²) in [4.78, 5) is 33.0. The molecule has 2 aliphatic heterocycles. The Balaban J connectivity index is 1.53. The van der Waals surface area contributed by atoms with Crippen molar-refractivity contribution in [3.63, 3.8) is 0 Å². The van der Waals surface area contributed by atoms with Gasteiger partial charge < -0.3 is 10.2 Å². The molecule has 3 heterocycles. The number of carbonyl (C=O) groups excluding carboxylic acids is 2. The quantitative estimate of drug-likeness (QED) is 0.718. The third-order valence-corrected chi connectivity index (χ3v) is 6.21. The van der Waals surface area contributed by atoms with Crippen molar-refractivity contribution in [2.24, 2.45) is 5.10 Å². The molecule has 1 aromatic heterocycles. The van der Waals surface area contributed by atoms with Crippen LogP contribution in [0.2, 0.25) is 0 Å². The molecule has 1 aromatic carbocycles. The van der Waals surface area contributed by atoms with Crippen molar-refractivity contribution < 1.29 is 22.8 Å². The maximum atomic E-state index is 13.0. The molecule has 0 aliphatic carbocycles.